The molecule has 1 N–H and O–H groups in total. The van der Waals surface area contributed by atoms with Crippen molar-refractivity contribution in [3.05, 3.63) is 46.6 Å². The van der Waals surface area contributed by atoms with Gasteiger partial charge < -0.3 is 10.2 Å². The third-order valence-corrected chi connectivity index (χ3v) is 5.64. The highest BCUT2D eigenvalue weighted by molar-refractivity contribution is 7.98. The van der Waals surface area contributed by atoms with Gasteiger partial charge in [0.05, 0.1) is 0 Å². The second-order valence-corrected chi connectivity index (χ2v) is 8.29. The molecule has 0 unspecified atom stereocenters. The molecule has 1 saturated heterocycles. The van der Waals surface area contributed by atoms with Crippen LogP contribution in [-0.4, -0.2) is 35.0 Å². The number of nitrogens with one attached hydrogen (secondary N) is 1. The maximum atomic E-state index is 12.2. The molecule has 0 radical (unpaired) electrons. The normalized spacial score (nSPS) is 14.0. The van der Waals surface area contributed by atoms with E-state index >= 15 is 0 Å². The Bertz CT molecular complexity index is 816. The zero-order valence-corrected chi connectivity index (χ0v) is 17.4. The molecular formula is C21H28N4OS. The molecule has 0 spiro atoms. The number of carbonyl (C=O) groups is 1. The van der Waals surface area contributed by atoms with Crippen molar-refractivity contribution in [1.29, 1.82) is 0 Å². The summed E-state index contributed by atoms with van der Waals surface area (Å²) < 4.78 is 0. The Morgan fingerprint density at radius 1 is 1.22 bits per heavy atom. The first-order valence-corrected chi connectivity index (χ1v) is 10.6. The molecule has 1 aromatic carbocycles. The highest BCUT2D eigenvalue weighted by Gasteiger charge is 2.18. The molecule has 1 amide bonds. The molecule has 27 heavy (non-hydrogen) atoms. The fourth-order valence-corrected chi connectivity index (χ4v) is 4.01. The summed E-state index contributed by atoms with van der Waals surface area (Å²) in [5, 5.41) is 3.74. The molecule has 0 bridgehead atoms. The quantitative estimate of drug-likeness (QED) is 0.600. The van der Waals surface area contributed by atoms with Gasteiger partial charge in [-0.05, 0) is 58.2 Å². The molecule has 6 heteroatoms. The van der Waals surface area contributed by atoms with Crippen LogP contribution in [0.1, 0.15) is 53.9 Å². The fourth-order valence-electron chi connectivity index (χ4n) is 3.19. The number of benzene rings is 1. The van der Waals surface area contributed by atoms with Gasteiger partial charge in [0.1, 0.15) is 5.82 Å². The smallest absolute Gasteiger partial charge is 0.251 e. The monoisotopic (exact) mass is 384 g/mol. The van der Waals surface area contributed by atoms with Crippen LogP contribution in [0.3, 0.4) is 0 Å². The Morgan fingerprint density at radius 3 is 2.67 bits per heavy atom. The molecule has 0 saturated carbocycles. The summed E-state index contributed by atoms with van der Waals surface area (Å²) in [6.07, 6.45) is 2.46. The van der Waals surface area contributed by atoms with Crippen LogP contribution in [-0.2, 0) is 5.75 Å². The van der Waals surface area contributed by atoms with Gasteiger partial charge >= 0.3 is 0 Å². The Balaban J connectivity index is 1.72. The van der Waals surface area contributed by atoms with Crippen LogP contribution < -0.4 is 10.2 Å². The molecule has 1 fully saturated rings. The van der Waals surface area contributed by atoms with Gasteiger partial charge in [0.2, 0.25) is 0 Å². The predicted molar refractivity (Wildman–Crippen MR) is 112 cm³/mol. The van der Waals surface area contributed by atoms with E-state index in [0.717, 1.165) is 41.1 Å². The maximum Gasteiger partial charge on any atom is 0.251 e. The van der Waals surface area contributed by atoms with Crippen LogP contribution in [0.15, 0.2) is 29.4 Å². The first-order chi connectivity index (χ1) is 12.9. The maximum absolute atomic E-state index is 12.2. The van der Waals surface area contributed by atoms with Crippen LogP contribution in [0.25, 0.3) is 0 Å². The van der Waals surface area contributed by atoms with Crippen LogP contribution in [0.4, 0.5) is 5.82 Å². The molecule has 1 aliphatic rings. The lowest BCUT2D eigenvalue weighted by molar-refractivity contribution is 0.0943. The first-order valence-electron chi connectivity index (χ1n) is 9.57. The second kappa shape index (κ2) is 8.74. The molecule has 0 atom stereocenters. The molecule has 144 valence electrons. The van der Waals surface area contributed by atoms with E-state index in [2.05, 4.69) is 29.0 Å². The lowest BCUT2D eigenvalue weighted by Gasteiger charge is -2.20. The molecule has 1 aliphatic heterocycles. The van der Waals surface area contributed by atoms with Gasteiger partial charge in [-0.1, -0.05) is 23.9 Å². The third kappa shape index (κ3) is 5.01. The zero-order valence-electron chi connectivity index (χ0n) is 16.6. The average molecular weight is 385 g/mol. The van der Waals surface area contributed by atoms with Gasteiger partial charge in [-0.25, -0.2) is 9.97 Å². The minimum Gasteiger partial charge on any atom is -0.356 e. The summed E-state index contributed by atoms with van der Waals surface area (Å²) in [5.41, 5.74) is 4.01. The van der Waals surface area contributed by atoms with Crippen molar-refractivity contribution in [3.8, 4) is 0 Å². The number of thioether (sulfide) groups is 1. The number of amides is 1. The average Bonchev–Trinajstić information content (AvgIpc) is 3.16. The Labute approximate surface area is 166 Å². The molecule has 5 nitrogen and oxygen atoms in total. The van der Waals surface area contributed by atoms with E-state index in [0.29, 0.717) is 5.56 Å². The van der Waals surface area contributed by atoms with Gasteiger partial charge in [-0.3, -0.25) is 4.79 Å². The van der Waals surface area contributed by atoms with E-state index in [1.54, 1.807) is 11.8 Å². The van der Waals surface area contributed by atoms with Gasteiger partial charge in [-0.15, -0.1) is 0 Å². The largest absolute Gasteiger partial charge is 0.356 e. The number of anilines is 1. The summed E-state index contributed by atoms with van der Waals surface area (Å²) in [5.74, 6) is 1.79. The van der Waals surface area contributed by atoms with Gasteiger partial charge in [0, 0.05) is 41.7 Å². The molecule has 0 aliphatic carbocycles. The minimum absolute atomic E-state index is 0.0319. The van der Waals surface area contributed by atoms with Crippen LogP contribution >= 0.6 is 11.8 Å². The van der Waals surface area contributed by atoms with Crippen LogP contribution in [0, 0.1) is 13.8 Å². The number of hydrogen-bond acceptors (Lipinski definition) is 5. The number of aryl methyl sites for hydroxylation is 1. The van der Waals surface area contributed by atoms with Gasteiger partial charge in [0.25, 0.3) is 5.91 Å². The summed E-state index contributed by atoms with van der Waals surface area (Å²) in [6.45, 7) is 10.2. The van der Waals surface area contributed by atoms with E-state index in [9.17, 15) is 4.79 Å². The van der Waals surface area contributed by atoms with Crippen molar-refractivity contribution in [3.63, 3.8) is 0 Å². The number of hydrogen-bond donors (Lipinski definition) is 1. The van der Waals surface area contributed by atoms with Crippen molar-refractivity contribution in [2.45, 2.75) is 57.5 Å². The van der Waals surface area contributed by atoms with E-state index in [4.69, 9.17) is 4.98 Å². The molecule has 3 rings (SSSR count). The highest BCUT2D eigenvalue weighted by Crippen LogP contribution is 2.28. The van der Waals surface area contributed by atoms with E-state index < -0.39 is 0 Å². The molecule has 1 aromatic heterocycles. The third-order valence-electron chi connectivity index (χ3n) is 4.73. The standard InChI is InChI=1S/C21H28N4OS/c1-14(2)22-20(26)18-9-7-8-17(12-18)13-27-21-23-16(4)15(3)19(24-21)25-10-5-6-11-25/h7-9,12,14H,5-6,10-11,13H2,1-4H3,(H,22,26). The van der Waals surface area contributed by atoms with E-state index in [1.807, 2.05) is 38.1 Å². The summed E-state index contributed by atoms with van der Waals surface area (Å²) in [6, 6.07) is 7.91. The Hall–Kier alpha value is -2.08. The number of aromatic nitrogens is 2. The molecular weight excluding hydrogens is 356 g/mol. The Kier molecular flexibility index (Phi) is 6.37. The number of nitrogens with zero attached hydrogens (tertiary/aromatic N) is 3. The van der Waals surface area contributed by atoms with Crippen molar-refractivity contribution >= 4 is 23.5 Å². The predicted octanol–water partition coefficient (Wildman–Crippen LogP) is 4.12. The van der Waals surface area contributed by atoms with Crippen LogP contribution in [0.5, 0.6) is 0 Å². The SMILES string of the molecule is Cc1nc(SCc2cccc(C(=O)NC(C)C)c2)nc(N2CCCC2)c1C. The summed E-state index contributed by atoms with van der Waals surface area (Å²) in [7, 11) is 0. The summed E-state index contributed by atoms with van der Waals surface area (Å²) in [4.78, 5) is 24.1. The zero-order chi connectivity index (χ0) is 19.4. The first kappa shape index (κ1) is 19.7. The Morgan fingerprint density at radius 2 is 1.96 bits per heavy atom. The van der Waals surface area contributed by atoms with E-state index in [-0.39, 0.29) is 11.9 Å². The molecule has 2 heterocycles. The summed E-state index contributed by atoms with van der Waals surface area (Å²) >= 11 is 1.62. The minimum atomic E-state index is -0.0319. The number of carbonyl (C=O) groups excluding carboxylic acids is 1. The van der Waals surface area contributed by atoms with E-state index in [1.165, 1.54) is 18.4 Å². The molecule has 2 aromatic rings. The lowest BCUT2D eigenvalue weighted by atomic mass is 10.1. The van der Waals surface area contributed by atoms with Crippen molar-refractivity contribution in [1.82, 2.24) is 15.3 Å². The van der Waals surface area contributed by atoms with Crippen molar-refractivity contribution in [2.24, 2.45) is 0 Å². The highest BCUT2D eigenvalue weighted by atomic mass is 32.2. The van der Waals surface area contributed by atoms with Gasteiger partial charge in [0.15, 0.2) is 5.16 Å². The second-order valence-electron chi connectivity index (χ2n) is 7.35. The fraction of sp³-hybridized carbons (Fsp3) is 0.476. The van der Waals surface area contributed by atoms with Crippen molar-refractivity contribution < 1.29 is 4.79 Å². The topological polar surface area (TPSA) is 58.1 Å². The number of rotatable bonds is 6. The van der Waals surface area contributed by atoms with Crippen LogP contribution in [0.2, 0.25) is 0 Å². The van der Waals surface area contributed by atoms with Gasteiger partial charge in [-0.2, -0.15) is 0 Å². The van der Waals surface area contributed by atoms with Crippen molar-refractivity contribution in [2.75, 3.05) is 18.0 Å². The lowest BCUT2D eigenvalue weighted by Crippen LogP contribution is -2.30.